The third-order valence-corrected chi connectivity index (χ3v) is 23.8. The molecule has 2 aliphatic carbocycles. The molecule has 0 bridgehead atoms. The summed E-state index contributed by atoms with van der Waals surface area (Å²) in [6, 6.07) is 18.3. The van der Waals surface area contributed by atoms with Crippen molar-refractivity contribution in [2.75, 3.05) is 0 Å². The first kappa shape index (κ1) is 23.9. The molecule has 150 valence electrons. The van der Waals surface area contributed by atoms with E-state index in [0.29, 0.717) is 3.63 Å². The first-order valence-corrected chi connectivity index (χ1v) is 23.2. The molecule has 2 aliphatic rings. The first-order valence-electron chi connectivity index (χ1n) is 9.75. The van der Waals surface area contributed by atoms with Crippen LogP contribution in [-0.2, 0) is 17.4 Å². The molecular formula is C24H32Cl2SiZr. The minimum absolute atomic E-state index is 0. The second kappa shape index (κ2) is 7.69. The monoisotopic (exact) mass is 508 g/mol. The topological polar surface area (TPSA) is 0 Å². The second-order valence-electron chi connectivity index (χ2n) is 10.2. The maximum Gasteiger partial charge on any atom is -0.147 e. The Morgan fingerprint density at radius 2 is 1.32 bits per heavy atom. The summed E-state index contributed by atoms with van der Waals surface area (Å²) in [5, 5.41) is 0. The number of rotatable bonds is 2. The molecular weight excluding hydrogens is 478 g/mol. The van der Waals surface area contributed by atoms with Crippen molar-refractivity contribution in [1.82, 2.24) is 0 Å². The van der Waals surface area contributed by atoms with Crippen LogP contribution in [0.1, 0.15) is 41.9 Å². The summed E-state index contributed by atoms with van der Waals surface area (Å²) in [5.41, 5.74) is 7.85. The number of allylic oxidation sites excluding steroid dienone is 4. The summed E-state index contributed by atoms with van der Waals surface area (Å²) in [6.45, 7) is 9.41. The molecule has 2 aromatic carbocycles. The molecule has 4 rings (SSSR count). The van der Waals surface area contributed by atoms with Gasteiger partial charge in [-0.2, -0.15) is 0 Å². The van der Waals surface area contributed by atoms with Gasteiger partial charge in [-0.15, -0.1) is 24.8 Å². The predicted octanol–water partition coefficient (Wildman–Crippen LogP) is 7.19. The summed E-state index contributed by atoms with van der Waals surface area (Å²) in [5.74, 6) is 0. The standard InChI is InChI=1S/C13H9.C9H13.2CH3.2ClH.H2Si.Zr/c1-3-7-12-10(5-1)9-11-6-2-4-8-13(11)12;1-9(2,3)8-6-4-5-7-8;;;;;;/h1-9H;6-7H,4H2,1-3H3;2*1H3;2*1H;1H2;. The Labute approximate surface area is 185 Å². The molecule has 0 atom stereocenters. The molecule has 0 nitrogen and oxygen atoms in total. The number of halogens is 2. The van der Waals surface area contributed by atoms with Crippen molar-refractivity contribution in [2.24, 2.45) is 5.41 Å². The molecule has 0 radical (unpaired) electrons. The van der Waals surface area contributed by atoms with Crippen molar-refractivity contribution < 1.29 is 17.4 Å². The van der Waals surface area contributed by atoms with E-state index in [0.717, 1.165) is 6.42 Å². The molecule has 28 heavy (non-hydrogen) atoms. The van der Waals surface area contributed by atoms with Crippen LogP contribution in [0.15, 0.2) is 69.5 Å². The Bertz CT molecular complexity index is 989. The van der Waals surface area contributed by atoms with E-state index in [1.54, 1.807) is 14.4 Å². The average molecular weight is 511 g/mol. The van der Waals surface area contributed by atoms with E-state index in [9.17, 15) is 0 Å². The summed E-state index contributed by atoms with van der Waals surface area (Å²) in [6.07, 6.45) is 6.24. The molecule has 0 saturated carbocycles. The van der Waals surface area contributed by atoms with Gasteiger partial charge in [0.25, 0.3) is 0 Å². The smallest absolute Gasteiger partial charge is 0.147 e. The van der Waals surface area contributed by atoms with Crippen LogP contribution in [0.2, 0.25) is 9.26 Å². The fraction of sp³-hybridized carbons (Fsp3) is 0.333. The Kier molecular flexibility index (Phi) is 6.56. The van der Waals surface area contributed by atoms with Gasteiger partial charge in [0, 0.05) is 0 Å². The molecule has 4 heteroatoms. The van der Waals surface area contributed by atoms with Crippen molar-refractivity contribution in [3.8, 4) is 11.1 Å². The Morgan fingerprint density at radius 1 is 0.857 bits per heavy atom. The summed E-state index contributed by atoms with van der Waals surface area (Å²) in [7, 11) is 0. The molecule has 0 amide bonds. The molecule has 0 spiro atoms. The minimum atomic E-state index is -3.20. The van der Waals surface area contributed by atoms with Gasteiger partial charge in [-0.25, -0.2) is 0 Å². The van der Waals surface area contributed by atoms with Crippen LogP contribution in [0.5, 0.6) is 0 Å². The normalized spacial score (nSPS) is 16.4. The fourth-order valence-corrected chi connectivity index (χ4v) is 19.5. The third kappa shape index (κ3) is 3.71. The Morgan fingerprint density at radius 3 is 1.75 bits per heavy atom. The van der Waals surface area contributed by atoms with Gasteiger partial charge in [-0.05, 0) is 0 Å². The number of benzene rings is 2. The Balaban J connectivity index is 0.00000140. The van der Waals surface area contributed by atoms with Gasteiger partial charge in [-0.3, -0.25) is 0 Å². The van der Waals surface area contributed by atoms with Crippen LogP contribution in [0.25, 0.3) is 11.1 Å². The van der Waals surface area contributed by atoms with Crippen molar-refractivity contribution >= 4 is 31.7 Å². The zero-order chi connectivity index (χ0) is 18.8. The van der Waals surface area contributed by atoms with Crippen LogP contribution in [0, 0.1) is 5.41 Å². The van der Waals surface area contributed by atoms with Crippen molar-refractivity contribution in [3.63, 3.8) is 0 Å². The minimum Gasteiger partial charge on any atom is -0.147 e. The van der Waals surface area contributed by atoms with E-state index in [2.05, 4.69) is 97.6 Å². The van der Waals surface area contributed by atoms with E-state index in [-0.39, 0.29) is 30.2 Å². The van der Waals surface area contributed by atoms with E-state index in [1.807, 2.05) is 0 Å². The van der Waals surface area contributed by atoms with Crippen molar-refractivity contribution in [3.05, 3.63) is 80.7 Å². The number of fused-ring (bicyclic) bond motifs is 3. The second-order valence-corrected chi connectivity index (χ2v) is 39.9. The molecule has 0 aromatic heterocycles. The third-order valence-electron chi connectivity index (χ3n) is 6.55. The number of hydrogen-bond acceptors (Lipinski definition) is 0. The van der Waals surface area contributed by atoms with Gasteiger partial charge in [0.1, 0.15) is 0 Å². The molecule has 0 N–H and O–H groups in total. The van der Waals surface area contributed by atoms with Gasteiger partial charge in [-0.1, -0.05) is 0 Å². The Hall–Kier alpha value is -0.400. The molecule has 0 aliphatic heterocycles. The summed E-state index contributed by atoms with van der Waals surface area (Å²) in [4.78, 5) is 0. The molecule has 0 saturated heterocycles. The number of hydrogen-bond donors (Lipinski definition) is 0. The fourth-order valence-electron chi connectivity index (χ4n) is 4.96. The SMILES string of the molecule is CC(C)(C)C1=CC[C]([Zr]([CH3])([CH3])(=[SiH2])[CH]2c3ccccc3-c3ccccc32)=C1.Cl.Cl. The van der Waals surface area contributed by atoms with Crippen LogP contribution in [-0.4, -0.2) is 6.88 Å². The van der Waals surface area contributed by atoms with Crippen LogP contribution in [0.3, 0.4) is 0 Å². The molecule has 0 fully saturated rings. The van der Waals surface area contributed by atoms with E-state index >= 15 is 0 Å². The summed E-state index contributed by atoms with van der Waals surface area (Å²) < 4.78 is 7.72. The van der Waals surface area contributed by atoms with E-state index < -0.39 is 17.4 Å². The maximum atomic E-state index is 2.68. The quantitative estimate of drug-likeness (QED) is 0.375. The van der Waals surface area contributed by atoms with Gasteiger partial charge < -0.3 is 0 Å². The molecule has 0 heterocycles. The van der Waals surface area contributed by atoms with E-state index in [4.69, 9.17) is 0 Å². The maximum absolute atomic E-state index is 3.20. The average Bonchev–Trinajstić information content (AvgIpc) is 3.18. The van der Waals surface area contributed by atoms with Gasteiger partial charge in [0.2, 0.25) is 0 Å². The van der Waals surface area contributed by atoms with Gasteiger partial charge >= 0.3 is 162 Å². The zero-order valence-corrected chi connectivity index (χ0v) is 23.1. The van der Waals surface area contributed by atoms with Gasteiger partial charge in [0.15, 0.2) is 0 Å². The predicted molar refractivity (Wildman–Crippen MR) is 129 cm³/mol. The first-order chi connectivity index (χ1) is 12.1. The largest absolute Gasteiger partial charge is 0.147 e. The van der Waals surface area contributed by atoms with Crippen molar-refractivity contribution in [2.45, 2.75) is 40.1 Å². The van der Waals surface area contributed by atoms with Crippen molar-refractivity contribution in [1.29, 1.82) is 0 Å². The zero-order valence-electron chi connectivity index (χ0n) is 17.6. The van der Waals surface area contributed by atoms with E-state index in [1.165, 1.54) is 16.7 Å². The molecule has 0 unspecified atom stereocenters. The van der Waals surface area contributed by atoms with Gasteiger partial charge in [0.05, 0.1) is 0 Å². The van der Waals surface area contributed by atoms with Crippen LogP contribution >= 0.6 is 24.8 Å². The van der Waals surface area contributed by atoms with Crippen LogP contribution in [0.4, 0.5) is 0 Å². The summed E-state index contributed by atoms with van der Waals surface area (Å²) >= 11 is -3.20. The molecule has 2 aromatic rings. The van der Waals surface area contributed by atoms with Crippen LogP contribution < -0.4 is 0 Å².